The van der Waals surface area contributed by atoms with Gasteiger partial charge in [-0.2, -0.15) is 0 Å². The molecule has 0 saturated carbocycles. The molecular weight excluding hydrogens is 303 g/mol. The molecule has 1 aliphatic heterocycles. The fraction of sp³-hybridized carbons (Fsp3) is 0.421. The molecule has 0 unspecified atom stereocenters. The summed E-state index contributed by atoms with van der Waals surface area (Å²) in [5.41, 5.74) is 0.534. The van der Waals surface area contributed by atoms with E-state index >= 15 is 0 Å². The predicted octanol–water partition coefficient (Wildman–Crippen LogP) is 3.32. The fourth-order valence-electron chi connectivity index (χ4n) is 2.92. The van der Waals surface area contributed by atoms with Gasteiger partial charge in [0, 0.05) is 0 Å². The van der Waals surface area contributed by atoms with Crippen LogP contribution in [0.2, 0.25) is 0 Å². The number of carbonyl (C=O) groups is 1. The highest BCUT2D eigenvalue weighted by Gasteiger charge is 2.52. The van der Waals surface area contributed by atoms with Crippen LogP contribution in [0.25, 0.3) is 10.8 Å². The second-order valence-corrected chi connectivity index (χ2v) is 7.06. The van der Waals surface area contributed by atoms with Gasteiger partial charge in [0.1, 0.15) is 0 Å². The van der Waals surface area contributed by atoms with E-state index in [1.54, 1.807) is 13.0 Å². The second kappa shape index (κ2) is 5.90. The Morgan fingerprint density at radius 2 is 1.62 bits per heavy atom. The molecule has 1 aliphatic rings. The van der Waals surface area contributed by atoms with Crippen LogP contribution in [-0.2, 0) is 14.0 Å². The van der Waals surface area contributed by atoms with Crippen molar-refractivity contribution in [1.82, 2.24) is 0 Å². The Balaban J connectivity index is 2.14. The lowest BCUT2D eigenvalue weighted by Crippen LogP contribution is -2.41. The Morgan fingerprint density at radius 3 is 2.21 bits per heavy atom. The Hall–Kier alpha value is -1.85. The Bertz CT molecular complexity index is 761. The van der Waals surface area contributed by atoms with Crippen LogP contribution in [0.15, 0.2) is 36.4 Å². The van der Waals surface area contributed by atoms with Crippen molar-refractivity contribution in [1.29, 1.82) is 0 Å². The maximum atomic E-state index is 12.4. The summed E-state index contributed by atoms with van der Waals surface area (Å²) in [6.07, 6.45) is 0. The summed E-state index contributed by atoms with van der Waals surface area (Å²) in [6.45, 7) is 10.2. The zero-order chi connectivity index (χ0) is 17.5. The van der Waals surface area contributed by atoms with Crippen LogP contribution in [0.5, 0.6) is 0 Å². The van der Waals surface area contributed by atoms with Gasteiger partial charge in [0.25, 0.3) is 0 Å². The minimum Gasteiger partial charge on any atom is -0.462 e. The largest absolute Gasteiger partial charge is 0.495 e. The summed E-state index contributed by atoms with van der Waals surface area (Å²) in [5.74, 6) is -0.327. The van der Waals surface area contributed by atoms with E-state index in [0.717, 1.165) is 16.2 Å². The zero-order valence-electron chi connectivity index (χ0n) is 14.9. The molecule has 1 heterocycles. The van der Waals surface area contributed by atoms with Crippen molar-refractivity contribution < 1.29 is 18.8 Å². The van der Waals surface area contributed by atoms with Crippen molar-refractivity contribution in [2.24, 2.45) is 0 Å². The molecule has 24 heavy (non-hydrogen) atoms. The van der Waals surface area contributed by atoms with Gasteiger partial charge < -0.3 is 14.0 Å². The molecule has 0 aliphatic carbocycles. The number of esters is 1. The van der Waals surface area contributed by atoms with Crippen molar-refractivity contribution in [2.75, 3.05) is 6.61 Å². The van der Waals surface area contributed by atoms with E-state index in [1.807, 2.05) is 58.0 Å². The quantitative estimate of drug-likeness (QED) is 0.641. The van der Waals surface area contributed by atoms with Crippen LogP contribution in [-0.4, -0.2) is 30.9 Å². The first-order valence-corrected chi connectivity index (χ1v) is 8.31. The maximum absolute atomic E-state index is 12.4. The average molecular weight is 326 g/mol. The van der Waals surface area contributed by atoms with Gasteiger partial charge in [-0.1, -0.05) is 30.3 Å². The summed E-state index contributed by atoms with van der Waals surface area (Å²) >= 11 is 0. The Kier molecular flexibility index (Phi) is 4.18. The van der Waals surface area contributed by atoms with Crippen LogP contribution < -0.4 is 5.46 Å². The molecule has 126 valence electrons. The molecule has 0 atom stereocenters. The number of benzene rings is 2. The van der Waals surface area contributed by atoms with E-state index in [4.69, 9.17) is 14.0 Å². The highest BCUT2D eigenvalue weighted by Crippen LogP contribution is 2.37. The third-order valence-electron chi connectivity index (χ3n) is 4.94. The molecule has 3 rings (SSSR count). The third-order valence-corrected chi connectivity index (χ3v) is 4.94. The van der Waals surface area contributed by atoms with E-state index in [2.05, 4.69) is 0 Å². The topological polar surface area (TPSA) is 44.8 Å². The SMILES string of the molecule is CCOC(=O)c1cccc2cccc(B3OC(C)(C)C(C)(C)O3)c12. The molecule has 0 amide bonds. The normalized spacial score (nSPS) is 18.8. The molecule has 0 aromatic heterocycles. The van der Waals surface area contributed by atoms with Crippen molar-refractivity contribution in [3.05, 3.63) is 42.0 Å². The second-order valence-electron chi connectivity index (χ2n) is 7.06. The summed E-state index contributed by atoms with van der Waals surface area (Å²) < 4.78 is 17.6. The van der Waals surface area contributed by atoms with Gasteiger partial charge in [-0.15, -0.1) is 0 Å². The van der Waals surface area contributed by atoms with E-state index in [-0.39, 0.29) is 5.97 Å². The van der Waals surface area contributed by atoms with Gasteiger partial charge >= 0.3 is 13.1 Å². The molecule has 0 spiro atoms. The molecule has 1 saturated heterocycles. The molecule has 2 aromatic rings. The number of fused-ring (bicyclic) bond motifs is 1. The monoisotopic (exact) mass is 326 g/mol. The summed E-state index contributed by atoms with van der Waals surface area (Å²) in [7, 11) is -0.519. The molecule has 4 nitrogen and oxygen atoms in total. The van der Waals surface area contributed by atoms with Crippen LogP contribution in [0.3, 0.4) is 0 Å². The lowest BCUT2D eigenvalue weighted by atomic mass is 9.75. The Labute approximate surface area is 143 Å². The van der Waals surface area contributed by atoms with Gasteiger partial charge in [0.15, 0.2) is 0 Å². The lowest BCUT2D eigenvalue weighted by Gasteiger charge is -2.32. The number of carbonyl (C=O) groups excluding carboxylic acids is 1. The van der Waals surface area contributed by atoms with Gasteiger partial charge in [0.2, 0.25) is 0 Å². The van der Waals surface area contributed by atoms with Crippen LogP contribution in [0.1, 0.15) is 45.0 Å². The third kappa shape index (κ3) is 2.72. The van der Waals surface area contributed by atoms with Crippen molar-refractivity contribution in [3.8, 4) is 0 Å². The number of hydrogen-bond acceptors (Lipinski definition) is 4. The first-order chi connectivity index (χ1) is 11.3. The molecule has 1 fully saturated rings. The standard InChI is InChI=1S/C19H23BO4/c1-6-22-17(21)14-11-7-9-13-10-8-12-15(16(13)14)20-23-18(2,3)19(4,5)24-20/h7-12H,6H2,1-5H3. The van der Waals surface area contributed by atoms with Crippen molar-refractivity contribution in [2.45, 2.75) is 45.8 Å². The highest BCUT2D eigenvalue weighted by atomic mass is 16.7. The van der Waals surface area contributed by atoms with Gasteiger partial charge in [-0.25, -0.2) is 4.79 Å². The number of hydrogen-bond donors (Lipinski definition) is 0. The first kappa shape index (κ1) is 17.0. The van der Waals surface area contributed by atoms with E-state index in [1.165, 1.54) is 0 Å². The lowest BCUT2D eigenvalue weighted by molar-refractivity contribution is 0.00578. The summed E-state index contributed by atoms with van der Waals surface area (Å²) in [4.78, 5) is 12.4. The predicted molar refractivity (Wildman–Crippen MR) is 95.6 cm³/mol. The molecule has 2 aromatic carbocycles. The van der Waals surface area contributed by atoms with Crippen LogP contribution in [0, 0.1) is 0 Å². The molecular formula is C19H23BO4. The molecule has 0 N–H and O–H groups in total. The minimum atomic E-state index is -0.519. The van der Waals surface area contributed by atoms with Crippen LogP contribution in [0.4, 0.5) is 0 Å². The van der Waals surface area contributed by atoms with E-state index in [9.17, 15) is 4.79 Å². The Morgan fingerprint density at radius 1 is 1.04 bits per heavy atom. The fourth-order valence-corrected chi connectivity index (χ4v) is 2.92. The van der Waals surface area contributed by atoms with E-state index in [0.29, 0.717) is 12.2 Å². The first-order valence-electron chi connectivity index (χ1n) is 8.31. The zero-order valence-corrected chi connectivity index (χ0v) is 14.9. The number of rotatable bonds is 3. The molecule has 0 bridgehead atoms. The van der Waals surface area contributed by atoms with Crippen LogP contribution >= 0.6 is 0 Å². The molecule has 5 heteroatoms. The van der Waals surface area contributed by atoms with Gasteiger partial charge in [0.05, 0.1) is 23.4 Å². The summed E-state index contributed by atoms with van der Waals surface area (Å²) in [5, 5.41) is 1.80. The average Bonchev–Trinajstić information content (AvgIpc) is 2.74. The van der Waals surface area contributed by atoms with Gasteiger partial charge in [-0.05, 0) is 56.9 Å². The molecule has 0 radical (unpaired) electrons. The highest BCUT2D eigenvalue weighted by molar-refractivity contribution is 6.65. The van der Waals surface area contributed by atoms with Crippen molar-refractivity contribution >= 4 is 29.3 Å². The summed E-state index contributed by atoms with van der Waals surface area (Å²) in [6, 6.07) is 11.5. The minimum absolute atomic E-state index is 0.327. The smallest absolute Gasteiger partial charge is 0.462 e. The van der Waals surface area contributed by atoms with Crippen molar-refractivity contribution in [3.63, 3.8) is 0 Å². The van der Waals surface area contributed by atoms with E-state index < -0.39 is 18.3 Å². The maximum Gasteiger partial charge on any atom is 0.495 e. The van der Waals surface area contributed by atoms with Gasteiger partial charge in [-0.3, -0.25) is 0 Å². The number of ether oxygens (including phenoxy) is 1.